The summed E-state index contributed by atoms with van der Waals surface area (Å²) in [6.45, 7) is 11.8. The molecule has 8 bridgehead atoms. The van der Waals surface area contributed by atoms with E-state index in [0.717, 1.165) is 27.8 Å². The number of nitrogens with zero attached hydrogens (tertiary/aromatic N) is 2. The lowest BCUT2D eigenvalue weighted by Crippen LogP contribution is -2.20. The van der Waals surface area contributed by atoms with Crippen molar-refractivity contribution in [3.63, 3.8) is 0 Å². The fourth-order valence-electron chi connectivity index (χ4n) is 7.03. The van der Waals surface area contributed by atoms with Gasteiger partial charge >= 0.3 is 17.9 Å². The van der Waals surface area contributed by atoms with Gasteiger partial charge in [0.25, 0.3) is 0 Å². The second-order valence-electron chi connectivity index (χ2n) is 12.0. The summed E-state index contributed by atoms with van der Waals surface area (Å²) in [6.07, 6.45) is 2.16. The van der Waals surface area contributed by atoms with E-state index in [0.29, 0.717) is 58.9 Å². The predicted octanol–water partition coefficient (Wildman–Crippen LogP) is 7.84. The zero-order valence-electron chi connectivity index (χ0n) is 27.9. The molecule has 258 valence electrons. The minimum Gasteiger partial charge on any atom is -0.481 e. The molecule has 3 aromatic rings. The third-order valence-electron chi connectivity index (χ3n) is 9.52. The first-order valence-corrected chi connectivity index (χ1v) is 17.9. The van der Waals surface area contributed by atoms with Gasteiger partial charge in [-0.2, -0.15) is 0 Å². The summed E-state index contributed by atoms with van der Waals surface area (Å²) in [5.74, 6) is -4.88. The van der Waals surface area contributed by atoms with E-state index in [4.69, 9.17) is 19.4 Å². The Morgan fingerprint density at radius 1 is 0.860 bits per heavy atom. The molecule has 1 aliphatic carbocycles. The van der Waals surface area contributed by atoms with Gasteiger partial charge in [0.15, 0.2) is 5.78 Å². The lowest BCUT2D eigenvalue weighted by Gasteiger charge is -2.10. The van der Waals surface area contributed by atoms with Gasteiger partial charge in [0.05, 0.1) is 78.1 Å². The van der Waals surface area contributed by atoms with E-state index in [-0.39, 0.29) is 40.9 Å². The highest BCUT2D eigenvalue weighted by Gasteiger charge is 2.49. The molecule has 3 aromatic heterocycles. The summed E-state index contributed by atoms with van der Waals surface area (Å²) in [6, 6.07) is 0. The standard InChI is InChI=1S/C36H31Br3N4O7/c1-8-15-12(3)26-23(37)28-14(5)17(10-11-18(44)45)29(40-28)19-22(36(48)50-7)34(46)20-21(35(47)49-6)33(43-32(19)20)25(39)31-16(9-2)13(4)27(42-31)24(38)30(15)41-26/h8,22,40,42H,1,9-11H2,2-7H3,(H,44,45). The molecular weight excluding hydrogens is 840 g/mol. The average molecular weight is 871 g/mol. The van der Waals surface area contributed by atoms with E-state index in [1.807, 2.05) is 27.7 Å². The second kappa shape index (κ2) is 13.2. The van der Waals surface area contributed by atoms with E-state index in [1.54, 1.807) is 6.08 Å². The highest BCUT2D eigenvalue weighted by Crippen LogP contribution is 2.49. The van der Waals surface area contributed by atoms with Crippen LogP contribution in [0.15, 0.2) is 26.1 Å². The molecule has 50 heavy (non-hydrogen) atoms. The van der Waals surface area contributed by atoms with Crippen LogP contribution < -0.4 is 0 Å². The maximum atomic E-state index is 14.4. The van der Waals surface area contributed by atoms with Gasteiger partial charge in [-0.1, -0.05) is 19.6 Å². The number of rotatable bonds is 7. The van der Waals surface area contributed by atoms with Crippen molar-refractivity contribution in [3.05, 3.63) is 76.7 Å². The number of esters is 2. The molecule has 2 aliphatic heterocycles. The molecule has 11 nitrogen and oxygen atoms in total. The number of carboxylic acid groups (broad SMARTS) is 1. The number of carboxylic acids is 1. The number of hydrogen-bond donors (Lipinski definition) is 3. The van der Waals surface area contributed by atoms with Crippen molar-refractivity contribution in [2.24, 2.45) is 0 Å². The van der Waals surface area contributed by atoms with Gasteiger partial charge in [-0.3, -0.25) is 14.4 Å². The van der Waals surface area contributed by atoms with Crippen LogP contribution in [-0.2, 0) is 41.5 Å². The van der Waals surface area contributed by atoms with E-state index < -0.39 is 29.6 Å². The quantitative estimate of drug-likeness (QED) is 0.159. The van der Waals surface area contributed by atoms with Crippen LogP contribution in [0.2, 0.25) is 0 Å². The predicted molar refractivity (Wildman–Crippen MR) is 200 cm³/mol. The zero-order chi connectivity index (χ0) is 36.5. The van der Waals surface area contributed by atoms with Crippen LogP contribution >= 0.6 is 47.8 Å². The Labute approximate surface area is 311 Å². The molecule has 3 aliphatic rings. The number of nitrogens with one attached hydrogen (secondary N) is 2. The maximum absolute atomic E-state index is 14.4. The molecule has 3 N–H and O–H groups in total. The molecule has 5 heterocycles. The van der Waals surface area contributed by atoms with Crippen molar-refractivity contribution >= 4 is 116 Å². The number of carbonyl (C=O) groups is 4. The van der Waals surface area contributed by atoms with Crippen molar-refractivity contribution in [2.75, 3.05) is 14.2 Å². The molecule has 1 atom stereocenters. The Balaban J connectivity index is 1.98. The summed E-state index contributed by atoms with van der Waals surface area (Å²) in [7, 11) is 2.38. The molecule has 0 fully saturated rings. The Hall–Kier alpha value is -4.14. The van der Waals surface area contributed by atoms with Crippen molar-refractivity contribution in [1.29, 1.82) is 0 Å². The normalized spacial score (nSPS) is 15.2. The number of aliphatic carboxylic acids is 1. The average Bonchev–Trinajstić information content (AvgIpc) is 3.87. The molecule has 0 saturated heterocycles. The fraction of sp³-hybridized carbons (Fsp3) is 0.278. The Kier molecular flexibility index (Phi) is 9.42. The number of H-pyrrole nitrogens is 2. The first-order valence-electron chi connectivity index (χ1n) is 15.6. The molecule has 1 unspecified atom stereocenters. The molecule has 0 radical (unpaired) electrons. The molecule has 0 amide bonds. The lowest BCUT2D eigenvalue weighted by molar-refractivity contribution is -0.144. The number of Topliss-reactive ketones (excluding diaryl/α,β-unsaturated/α-hetero) is 1. The molecule has 14 heteroatoms. The number of fused-ring (bicyclic) bond motifs is 8. The first kappa shape index (κ1) is 35.7. The number of halogens is 3. The van der Waals surface area contributed by atoms with Gasteiger partial charge in [-0.25, -0.2) is 14.8 Å². The maximum Gasteiger partial charge on any atom is 0.340 e. The number of hydrogen-bond acceptors (Lipinski definition) is 8. The number of ketones is 1. The van der Waals surface area contributed by atoms with Crippen LogP contribution in [0.25, 0.3) is 44.4 Å². The Bertz CT molecular complexity index is 2360. The largest absolute Gasteiger partial charge is 0.481 e. The monoisotopic (exact) mass is 868 g/mol. The molecule has 0 saturated carbocycles. The van der Waals surface area contributed by atoms with Gasteiger partial charge in [-0.05, 0) is 109 Å². The number of carbonyl (C=O) groups excluding carboxylic acids is 3. The van der Waals surface area contributed by atoms with E-state index in [9.17, 15) is 24.3 Å². The fourth-order valence-corrected chi connectivity index (χ4v) is 9.13. The molecule has 0 aromatic carbocycles. The van der Waals surface area contributed by atoms with Crippen LogP contribution in [0.4, 0.5) is 0 Å². The Morgan fingerprint density at radius 2 is 1.44 bits per heavy atom. The van der Waals surface area contributed by atoms with E-state index >= 15 is 0 Å². The lowest BCUT2D eigenvalue weighted by atomic mass is 9.96. The smallest absolute Gasteiger partial charge is 0.340 e. The van der Waals surface area contributed by atoms with Crippen molar-refractivity contribution in [3.8, 4) is 0 Å². The van der Waals surface area contributed by atoms with Crippen LogP contribution in [0.5, 0.6) is 0 Å². The topological polar surface area (TPSA) is 164 Å². The third kappa shape index (κ3) is 5.17. The number of methoxy groups -OCH3 is 2. The number of aromatic nitrogens is 4. The summed E-state index contributed by atoms with van der Waals surface area (Å²) in [5, 5.41) is 9.71. The van der Waals surface area contributed by atoms with Gasteiger partial charge in [0.2, 0.25) is 0 Å². The van der Waals surface area contributed by atoms with Crippen LogP contribution in [0, 0.1) is 13.8 Å². The number of aromatic amines is 2. The second-order valence-corrected chi connectivity index (χ2v) is 14.4. The highest BCUT2D eigenvalue weighted by atomic mass is 79.9. The highest BCUT2D eigenvalue weighted by molar-refractivity contribution is 9.11. The first-order chi connectivity index (χ1) is 23.7. The summed E-state index contributed by atoms with van der Waals surface area (Å²) < 4.78 is 12.0. The van der Waals surface area contributed by atoms with Crippen LogP contribution in [0.1, 0.15) is 76.8 Å². The molecular formula is C36H31Br3N4O7. The van der Waals surface area contributed by atoms with Gasteiger partial charge in [-0.15, -0.1) is 0 Å². The third-order valence-corrected chi connectivity index (χ3v) is 11.8. The van der Waals surface area contributed by atoms with Gasteiger partial charge < -0.3 is 24.5 Å². The van der Waals surface area contributed by atoms with Gasteiger partial charge in [0, 0.05) is 23.1 Å². The summed E-state index contributed by atoms with van der Waals surface area (Å²) in [4.78, 5) is 70.2. The van der Waals surface area contributed by atoms with Crippen molar-refractivity contribution in [1.82, 2.24) is 19.9 Å². The van der Waals surface area contributed by atoms with Gasteiger partial charge in [0.1, 0.15) is 5.92 Å². The molecule has 6 rings (SSSR count). The number of allylic oxidation sites excluding steroid dienone is 4. The van der Waals surface area contributed by atoms with Crippen molar-refractivity contribution in [2.45, 2.75) is 52.9 Å². The van der Waals surface area contributed by atoms with Crippen LogP contribution in [-0.4, -0.2) is 63.0 Å². The number of aryl methyl sites for hydroxylation is 4. The number of ether oxygens (including phenoxy) is 2. The minimum atomic E-state index is -1.49. The Morgan fingerprint density at radius 3 is 2.02 bits per heavy atom. The van der Waals surface area contributed by atoms with E-state index in [2.05, 4.69) is 64.3 Å². The zero-order valence-corrected chi connectivity index (χ0v) is 32.7. The molecule has 0 spiro atoms. The van der Waals surface area contributed by atoms with Crippen molar-refractivity contribution < 1.29 is 33.8 Å². The van der Waals surface area contributed by atoms with Crippen LogP contribution in [0.3, 0.4) is 0 Å². The summed E-state index contributed by atoms with van der Waals surface area (Å²) >= 11 is 11.3. The SMILES string of the molecule is C=CC1=C(C)c2nc1c(Br)c1[nH]c(c(Br)c3nc4c(c5[nH]c(c(C)c5CCC(=O)O)c2Br)C(C(=O)OC)C(=O)C4=C3C(=O)OC)c(CC)c1C. The van der Waals surface area contributed by atoms with E-state index in [1.165, 1.54) is 14.2 Å². The summed E-state index contributed by atoms with van der Waals surface area (Å²) in [5.41, 5.74) is 8.42. The minimum absolute atomic E-state index is 0.0570.